The Hall–Kier alpha value is -1.81. The maximum Gasteiger partial charge on any atom is 0.319 e. The monoisotopic (exact) mass is 574 g/mol. The SMILES string of the molecule is CC(C)(C)c1cc(CCCO[PH](=O)OCCCc2cc(C(C)(C)C)c(O)c(C(C)(C)C)c2)cc(C(C)(C)C)c1O. The van der Waals surface area contributed by atoms with E-state index in [0.29, 0.717) is 24.7 Å². The quantitative estimate of drug-likeness (QED) is 0.218. The van der Waals surface area contributed by atoms with E-state index in [-0.39, 0.29) is 21.7 Å². The fourth-order valence-electron chi connectivity index (χ4n) is 4.87. The summed E-state index contributed by atoms with van der Waals surface area (Å²) in [6, 6.07) is 8.35. The number of hydrogen-bond donors (Lipinski definition) is 2. The van der Waals surface area contributed by atoms with Gasteiger partial charge in [-0.1, -0.05) is 107 Å². The first-order valence-electron chi connectivity index (χ1n) is 14.7. The number of hydrogen-bond acceptors (Lipinski definition) is 5. The summed E-state index contributed by atoms with van der Waals surface area (Å²) in [6.45, 7) is 26.0. The molecule has 0 atom stereocenters. The largest absolute Gasteiger partial charge is 0.507 e. The third-order valence-electron chi connectivity index (χ3n) is 7.23. The molecule has 0 aliphatic heterocycles. The third kappa shape index (κ3) is 9.64. The Bertz CT molecular complexity index is 1010. The second-order valence-electron chi connectivity index (χ2n) is 15.2. The van der Waals surface area contributed by atoms with E-state index in [1.165, 1.54) is 0 Å². The predicted molar refractivity (Wildman–Crippen MR) is 169 cm³/mol. The van der Waals surface area contributed by atoms with Gasteiger partial charge in [0.15, 0.2) is 0 Å². The van der Waals surface area contributed by atoms with Crippen molar-refractivity contribution in [2.75, 3.05) is 13.2 Å². The highest BCUT2D eigenvalue weighted by molar-refractivity contribution is 7.33. The van der Waals surface area contributed by atoms with E-state index in [2.05, 4.69) is 107 Å². The summed E-state index contributed by atoms with van der Waals surface area (Å²) in [5.41, 5.74) is 5.42. The van der Waals surface area contributed by atoms with Gasteiger partial charge in [0.1, 0.15) is 11.5 Å². The third-order valence-corrected chi connectivity index (χ3v) is 8.11. The van der Waals surface area contributed by atoms with E-state index in [4.69, 9.17) is 9.05 Å². The second-order valence-corrected chi connectivity index (χ2v) is 16.3. The Morgan fingerprint density at radius 3 is 1.02 bits per heavy atom. The van der Waals surface area contributed by atoms with Gasteiger partial charge >= 0.3 is 8.25 Å². The van der Waals surface area contributed by atoms with Gasteiger partial charge < -0.3 is 19.3 Å². The summed E-state index contributed by atoms with van der Waals surface area (Å²) in [5.74, 6) is 0.769. The van der Waals surface area contributed by atoms with Crippen LogP contribution in [0.15, 0.2) is 24.3 Å². The molecule has 0 fully saturated rings. The number of phenols is 2. The van der Waals surface area contributed by atoms with Crippen LogP contribution in [0.2, 0.25) is 0 Å². The van der Waals surface area contributed by atoms with Crippen molar-refractivity contribution in [1.82, 2.24) is 0 Å². The van der Waals surface area contributed by atoms with Crippen molar-refractivity contribution in [3.8, 4) is 11.5 Å². The zero-order valence-electron chi connectivity index (χ0n) is 27.2. The molecule has 0 amide bonds. The van der Waals surface area contributed by atoms with Crippen LogP contribution in [0.5, 0.6) is 11.5 Å². The number of rotatable bonds is 10. The van der Waals surface area contributed by atoms with Crippen LogP contribution in [-0.2, 0) is 48.1 Å². The highest BCUT2D eigenvalue weighted by Crippen LogP contribution is 2.41. The predicted octanol–water partition coefficient (Wildman–Crippen LogP) is 9.28. The fourth-order valence-corrected chi connectivity index (χ4v) is 5.57. The van der Waals surface area contributed by atoms with Crippen molar-refractivity contribution < 1.29 is 23.8 Å². The van der Waals surface area contributed by atoms with E-state index in [1.54, 1.807) is 0 Å². The molecule has 0 saturated carbocycles. The van der Waals surface area contributed by atoms with Crippen molar-refractivity contribution >= 4 is 8.25 Å². The molecule has 2 aromatic rings. The smallest absolute Gasteiger partial charge is 0.319 e. The number of aromatic hydroxyl groups is 2. The summed E-state index contributed by atoms with van der Waals surface area (Å²) >= 11 is 0. The standard InChI is InChI=1S/C34H55O5P/c1-31(2,3)25-19-23(20-26(29(25)35)32(4,5)6)15-13-17-38-40(37)39-18-14-16-24-21-27(33(7,8)9)30(36)28(22-24)34(10,11)12/h19-22,35-36,40H,13-18H2,1-12H3. The average Bonchev–Trinajstić information content (AvgIpc) is 2.78. The van der Waals surface area contributed by atoms with Crippen molar-refractivity contribution in [3.63, 3.8) is 0 Å². The van der Waals surface area contributed by atoms with Crippen LogP contribution in [0.4, 0.5) is 0 Å². The molecule has 0 heterocycles. The molecule has 6 heteroatoms. The minimum Gasteiger partial charge on any atom is -0.507 e. The molecule has 0 unspecified atom stereocenters. The molecule has 2 aromatic carbocycles. The lowest BCUT2D eigenvalue weighted by molar-refractivity contribution is 0.222. The summed E-state index contributed by atoms with van der Waals surface area (Å²) < 4.78 is 23.4. The summed E-state index contributed by atoms with van der Waals surface area (Å²) in [5, 5.41) is 21.9. The lowest BCUT2D eigenvalue weighted by Gasteiger charge is -2.28. The molecular formula is C34H55O5P. The highest BCUT2D eigenvalue weighted by atomic mass is 31.1. The van der Waals surface area contributed by atoms with Gasteiger partial charge in [-0.25, -0.2) is 0 Å². The molecule has 40 heavy (non-hydrogen) atoms. The van der Waals surface area contributed by atoms with Crippen LogP contribution in [0, 0.1) is 0 Å². The molecule has 0 radical (unpaired) electrons. The number of benzene rings is 2. The maximum atomic E-state index is 12.4. The van der Waals surface area contributed by atoms with E-state index < -0.39 is 8.25 Å². The topological polar surface area (TPSA) is 76.0 Å². The second kappa shape index (κ2) is 13.0. The van der Waals surface area contributed by atoms with Gasteiger partial charge in [-0.05, 0) is 80.7 Å². The van der Waals surface area contributed by atoms with Crippen molar-refractivity contribution in [2.24, 2.45) is 0 Å². The van der Waals surface area contributed by atoms with Gasteiger partial charge in [0.05, 0.1) is 13.2 Å². The van der Waals surface area contributed by atoms with Crippen molar-refractivity contribution in [2.45, 2.75) is 130 Å². The summed E-state index contributed by atoms with van der Waals surface area (Å²) in [7, 11) is -2.56. The van der Waals surface area contributed by atoms with Crippen molar-refractivity contribution in [3.05, 3.63) is 57.6 Å². The van der Waals surface area contributed by atoms with Crippen LogP contribution in [0.1, 0.15) is 129 Å². The van der Waals surface area contributed by atoms with Crippen LogP contribution < -0.4 is 0 Å². The first kappa shape index (κ1) is 34.4. The molecule has 2 N–H and O–H groups in total. The number of phenolic OH excluding ortho intramolecular Hbond substituents is 2. The van der Waals surface area contributed by atoms with Crippen molar-refractivity contribution in [1.29, 1.82) is 0 Å². The highest BCUT2D eigenvalue weighted by Gasteiger charge is 2.27. The van der Waals surface area contributed by atoms with Crippen LogP contribution in [0.3, 0.4) is 0 Å². The normalized spacial score (nSPS) is 13.3. The van der Waals surface area contributed by atoms with Crippen LogP contribution >= 0.6 is 8.25 Å². The molecule has 226 valence electrons. The molecule has 0 aliphatic carbocycles. The van der Waals surface area contributed by atoms with E-state index >= 15 is 0 Å². The summed E-state index contributed by atoms with van der Waals surface area (Å²) in [6.07, 6.45) is 2.98. The summed E-state index contributed by atoms with van der Waals surface area (Å²) in [4.78, 5) is 0. The van der Waals surface area contributed by atoms with E-state index in [0.717, 1.165) is 59.1 Å². The first-order valence-corrected chi connectivity index (χ1v) is 15.9. The van der Waals surface area contributed by atoms with Crippen LogP contribution in [0.25, 0.3) is 0 Å². The van der Waals surface area contributed by atoms with Gasteiger partial charge in [0, 0.05) is 0 Å². The fraction of sp³-hybridized carbons (Fsp3) is 0.647. The molecule has 0 aromatic heterocycles. The van der Waals surface area contributed by atoms with E-state index in [9.17, 15) is 14.8 Å². The zero-order chi connectivity index (χ0) is 30.7. The molecule has 0 saturated heterocycles. The minimum absolute atomic E-state index is 0.168. The van der Waals surface area contributed by atoms with Gasteiger partial charge in [0.25, 0.3) is 0 Å². The van der Waals surface area contributed by atoms with Gasteiger partial charge in [-0.15, -0.1) is 0 Å². The molecule has 0 bridgehead atoms. The first-order chi connectivity index (χ1) is 18.1. The minimum atomic E-state index is -2.56. The van der Waals surface area contributed by atoms with Gasteiger partial charge in [0.2, 0.25) is 0 Å². The Balaban J connectivity index is 1.91. The molecular weight excluding hydrogens is 519 g/mol. The molecule has 5 nitrogen and oxygen atoms in total. The maximum absolute atomic E-state index is 12.4. The Kier molecular flexibility index (Phi) is 11.2. The molecule has 0 aliphatic rings. The lowest BCUT2D eigenvalue weighted by atomic mass is 9.78. The Morgan fingerprint density at radius 1 is 0.550 bits per heavy atom. The zero-order valence-corrected chi connectivity index (χ0v) is 28.2. The van der Waals surface area contributed by atoms with E-state index in [1.807, 2.05) is 0 Å². The average molecular weight is 575 g/mol. The van der Waals surface area contributed by atoms with Gasteiger partial charge in [-0.3, -0.25) is 4.57 Å². The van der Waals surface area contributed by atoms with Gasteiger partial charge in [-0.2, -0.15) is 0 Å². The molecule has 0 spiro atoms. The Labute approximate surface area is 244 Å². The van der Waals surface area contributed by atoms with Crippen LogP contribution in [-0.4, -0.2) is 23.4 Å². The number of aryl methyl sites for hydroxylation is 2. The lowest BCUT2D eigenvalue weighted by Crippen LogP contribution is -2.18. The Morgan fingerprint density at radius 2 is 0.800 bits per heavy atom. The molecule has 2 rings (SSSR count).